The molecule has 25 heavy (non-hydrogen) atoms. The first-order valence-electron chi connectivity index (χ1n) is 7.86. The van der Waals surface area contributed by atoms with Crippen LogP contribution < -0.4 is 20.1 Å². The molecule has 1 rings (SSSR count). The number of carboxylic acid groups (broad SMARTS) is 1. The highest BCUT2D eigenvalue weighted by atomic mass is 16.5. The van der Waals surface area contributed by atoms with Crippen LogP contribution in [0.5, 0.6) is 11.5 Å². The largest absolute Gasteiger partial charge is 0.493 e. The van der Waals surface area contributed by atoms with Crippen LogP contribution in [0.3, 0.4) is 0 Å². The molecule has 0 aromatic heterocycles. The summed E-state index contributed by atoms with van der Waals surface area (Å²) < 4.78 is 10.2. The van der Waals surface area contributed by atoms with Gasteiger partial charge in [-0.3, -0.25) is 9.59 Å². The summed E-state index contributed by atoms with van der Waals surface area (Å²) in [4.78, 5) is 35.2. The van der Waals surface area contributed by atoms with Crippen LogP contribution in [0.15, 0.2) is 18.2 Å². The van der Waals surface area contributed by atoms with Crippen molar-refractivity contribution in [3.63, 3.8) is 0 Å². The number of ether oxygens (including phenoxy) is 2. The molecule has 2 atom stereocenters. The van der Waals surface area contributed by atoms with Crippen molar-refractivity contribution < 1.29 is 29.0 Å². The topological polar surface area (TPSA) is 114 Å². The summed E-state index contributed by atoms with van der Waals surface area (Å²) in [5.74, 6) is -1.50. The zero-order valence-electron chi connectivity index (χ0n) is 14.8. The van der Waals surface area contributed by atoms with Gasteiger partial charge in [0.15, 0.2) is 11.5 Å². The third kappa shape index (κ3) is 5.66. The van der Waals surface area contributed by atoms with Gasteiger partial charge < -0.3 is 25.2 Å². The van der Waals surface area contributed by atoms with E-state index in [0.717, 1.165) is 0 Å². The highest BCUT2D eigenvalue weighted by Gasteiger charge is 2.25. The molecule has 138 valence electrons. The summed E-state index contributed by atoms with van der Waals surface area (Å²) in [6.45, 7) is 3.25. The lowest BCUT2D eigenvalue weighted by atomic mass is 9.99. The summed E-state index contributed by atoms with van der Waals surface area (Å²) in [6.07, 6.45) is 0.606. The first-order chi connectivity index (χ1) is 11.8. The van der Waals surface area contributed by atoms with Crippen LogP contribution in [0, 0.1) is 5.92 Å². The number of hydrogen-bond acceptors (Lipinski definition) is 5. The first kappa shape index (κ1) is 20.3. The molecule has 3 N–H and O–H groups in total. The molecule has 2 amide bonds. The Labute approximate surface area is 146 Å². The van der Waals surface area contributed by atoms with Crippen molar-refractivity contribution in [3.8, 4) is 11.5 Å². The van der Waals surface area contributed by atoms with Crippen molar-refractivity contribution in [2.75, 3.05) is 20.8 Å². The maximum atomic E-state index is 12.1. The predicted octanol–water partition coefficient (Wildman–Crippen LogP) is 1.05. The van der Waals surface area contributed by atoms with E-state index in [4.69, 9.17) is 14.6 Å². The van der Waals surface area contributed by atoms with Crippen LogP contribution in [-0.4, -0.2) is 49.7 Å². The second kappa shape index (κ2) is 9.51. The number of carbonyl (C=O) groups is 3. The van der Waals surface area contributed by atoms with Gasteiger partial charge in [0.1, 0.15) is 6.04 Å². The number of rotatable bonds is 9. The Balaban J connectivity index is 2.66. The van der Waals surface area contributed by atoms with Gasteiger partial charge in [-0.05, 0) is 24.1 Å². The molecule has 0 spiro atoms. The molecule has 2 unspecified atom stereocenters. The van der Waals surface area contributed by atoms with E-state index in [1.165, 1.54) is 26.4 Å². The summed E-state index contributed by atoms with van der Waals surface area (Å²) in [5, 5.41) is 14.0. The van der Waals surface area contributed by atoms with E-state index in [9.17, 15) is 14.4 Å². The van der Waals surface area contributed by atoms with Crippen molar-refractivity contribution in [2.24, 2.45) is 5.92 Å². The zero-order valence-corrected chi connectivity index (χ0v) is 14.8. The molecule has 0 radical (unpaired) electrons. The number of aliphatic carboxylic acids is 1. The fourth-order valence-corrected chi connectivity index (χ4v) is 2.15. The Kier molecular flexibility index (Phi) is 7.71. The van der Waals surface area contributed by atoms with Crippen LogP contribution >= 0.6 is 0 Å². The number of amides is 2. The summed E-state index contributed by atoms with van der Waals surface area (Å²) in [5.41, 5.74) is 0.294. The van der Waals surface area contributed by atoms with Gasteiger partial charge in [0.05, 0.1) is 20.8 Å². The van der Waals surface area contributed by atoms with E-state index >= 15 is 0 Å². The minimum atomic E-state index is -1.10. The van der Waals surface area contributed by atoms with Crippen molar-refractivity contribution in [1.29, 1.82) is 0 Å². The minimum Gasteiger partial charge on any atom is -0.493 e. The van der Waals surface area contributed by atoms with Crippen molar-refractivity contribution in [3.05, 3.63) is 23.8 Å². The standard InChI is InChI=1S/C17H24N2O6/c1-5-10(2)15(17(22)23)19-14(20)9-18-16(21)11-6-7-12(24-3)13(8-11)25-4/h6-8,10,15H,5,9H2,1-4H3,(H,18,21)(H,19,20)(H,22,23). The Bertz CT molecular complexity index is 632. The van der Waals surface area contributed by atoms with Gasteiger partial charge in [0.25, 0.3) is 5.91 Å². The van der Waals surface area contributed by atoms with E-state index in [1.54, 1.807) is 13.0 Å². The molecular weight excluding hydrogens is 328 g/mol. The lowest BCUT2D eigenvalue weighted by Gasteiger charge is -2.20. The molecule has 8 nitrogen and oxygen atoms in total. The van der Waals surface area contributed by atoms with Crippen molar-refractivity contribution in [1.82, 2.24) is 10.6 Å². The molecule has 0 fully saturated rings. The number of methoxy groups -OCH3 is 2. The molecule has 0 saturated heterocycles. The van der Waals surface area contributed by atoms with E-state index < -0.39 is 23.8 Å². The Morgan fingerprint density at radius 3 is 2.32 bits per heavy atom. The summed E-state index contributed by atoms with van der Waals surface area (Å²) in [7, 11) is 2.94. The van der Waals surface area contributed by atoms with E-state index in [-0.39, 0.29) is 12.5 Å². The SMILES string of the molecule is CCC(C)C(NC(=O)CNC(=O)c1ccc(OC)c(OC)c1)C(=O)O. The molecular formula is C17H24N2O6. The van der Waals surface area contributed by atoms with Crippen molar-refractivity contribution >= 4 is 17.8 Å². The van der Waals surface area contributed by atoms with Gasteiger partial charge in [-0.25, -0.2) is 4.79 Å². The molecule has 1 aromatic carbocycles. The van der Waals surface area contributed by atoms with Gasteiger partial charge >= 0.3 is 5.97 Å². The molecule has 0 bridgehead atoms. The van der Waals surface area contributed by atoms with E-state index in [1.807, 2.05) is 6.92 Å². The van der Waals surface area contributed by atoms with Crippen LogP contribution in [0.1, 0.15) is 30.6 Å². The zero-order chi connectivity index (χ0) is 19.0. The smallest absolute Gasteiger partial charge is 0.326 e. The Morgan fingerprint density at radius 2 is 1.80 bits per heavy atom. The fraction of sp³-hybridized carbons (Fsp3) is 0.471. The summed E-state index contributed by atoms with van der Waals surface area (Å²) in [6, 6.07) is 3.62. The van der Waals surface area contributed by atoms with Crippen LogP contribution in [0.2, 0.25) is 0 Å². The maximum Gasteiger partial charge on any atom is 0.326 e. The number of carboxylic acids is 1. The highest BCUT2D eigenvalue weighted by Crippen LogP contribution is 2.27. The predicted molar refractivity (Wildman–Crippen MR) is 90.9 cm³/mol. The molecule has 1 aromatic rings. The third-order valence-electron chi connectivity index (χ3n) is 3.85. The molecule has 0 heterocycles. The van der Waals surface area contributed by atoms with Crippen LogP contribution in [0.4, 0.5) is 0 Å². The Morgan fingerprint density at radius 1 is 1.16 bits per heavy atom. The lowest BCUT2D eigenvalue weighted by Crippen LogP contribution is -2.48. The average Bonchev–Trinajstić information content (AvgIpc) is 2.62. The van der Waals surface area contributed by atoms with Gasteiger partial charge in [0, 0.05) is 5.56 Å². The van der Waals surface area contributed by atoms with Crippen molar-refractivity contribution in [2.45, 2.75) is 26.3 Å². The highest BCUT2D eigenvalue weighted by molar-refractivity contribution is 5.97. The van der Waals surface area contributed by atoms with Gasteiger partial charge in [-0.1, -0.05) is 20.3 Å². The van der Waals surface area contributed by atoms with E-state index in [0.29, 0.717) is 23.5 Å². The van der Waals surface area contributed by atoms with E-state index in [2.05, 4.69) is 10.6 Å². The quantitative estimate of drug-likeness (QED) is 0.612. The average molecular weight is 352 g/mol. The van der Waals surface area contributed by atoms with Gasteiger partial charge in [-0.2, -0.15) is 0 Å². The number of hydrogen-bond donors (Lipinski definition) is 3. The molecule has 8 heteroatoms. The first-order valence-corrected chi connectivity index (χ1v) is 7.86. The van der Waals surface area contributed by atoms with Gasteiger partial charge in [0.2, 0.25) is 5.91 Å². The second-order valence-electron chi connectivity index (χ2n) is 5.52. The molecule has 0 aliphatic rings. The number of nitrogens with one attached hydrogen (secondary N) is 2. The van der Waals surface area contributed by atoms with Gasteiger partial charge in [-0.15, -0.1) is 0 Å². The molecule has 0 aliphatic heterocycles. The van der Waals surface area contributed by atoms with Crippen LogP contribution in [-0.2, 0) is 9.59 Å². The van der Waals surface area contributed by atoms with Crippen LogP contribution in [0.25, 0.3) is 0 Å². The summed E-state index contributed by atoms with van der Waals surface area (Å²) >= 11 is 0. The number of benzene rings is 1. The maximum absolute atomic E-state index is 12.1. The monoisotopic (exact) mass is 352 g/mol. The molecule has 0 saturated carbocycles. The second-order valence-corrected chi connectivity index (χ2v) is 5.52. The Hall–Kier alpha value is -2.77. The lowest BCUT2D eigenvalue weighted by molar-refractivity contribution is -0.143. The number of carbonyl (C=O) groups excluding carboxylic acids is 2. The normalized spacial score (nSPS) is 12.6. The fourth-order valence-electron chi connectivity index (χ4n) is 2.15. The molecule has 0 aliphatic carbocycles. The minimum absolute atomic E-state index is 0.219. The third-order valence-corrected chi connectivity index (χ3v) is 3.85.